The lowest BCUT2D eigenvalue weighted by Gasteiger charge is -2.44. The Morgan fingerprint density at radius 3 is 2.82 bits per heavy atom. The Balaban J connectivity index is 1.71. The average molecular weight is 383 g/mol. The molecule has 2 aromatic rings. The number of rotatable bonds is 6. The van der Waals surface area contributed by atoms with Crippen molar-refractivity contribution in [2.24, 2.45) is 0 Å². The molecule has 1 aromatic carbocycles. The Labute approximate surface area is 166 Å². The number of carbonyl (C=O) groups excluding carboxylic acids is 2. The average Bonchev–Trinajstić information content (AvgIpc) is 3.16. The second-order valence-electron chi connectivity index (χ2n) is 7.50. The van der Waals surface area contributed by atoms with Crippen LogP contribution in [0.25, 0.3) is 0 Å². The zero-order valence-corrected chi connectivity index (χ0v) is 17.1. The van der Waals surface area contributed by atoms with Gasteiger partial charge in [-0.1, -0.05) is 29.8 Å². The summed E-state index contributed by atoms with van der Waals surface area (Å²) in [5.41, 5.74) is 2.92. The van der Waals surface area contributed by atoms with Crippen LogP contribution in [0.15, 0.2) is 36.7 Å². The van der Waals surface area contributed by atoms with Crippen molar-refractivity contribution >= 4 is 11.8 Å². The van der Waals surface area contributed by atoms with Gasteiger partial charge in [0.2, 0.25) is 5.91 Å². The number of aromatic nitrogens is 2. The normalized spacial score (nSPS) is 20.4. The Kier molecular flexibility index (Phi) is 6.14. The molecule has 7 nitrogen and oxygen atoms in total. The van der Waals surface area contributed by atoms with Crippen molar-refractivity contribution in [3.63, 3.8) is 0 Å². The standard InChI is InChI=1S/C21H29N5O2/c1-5-25-13-18(10-23-25)20(27)22-11-19-14-24(4)21(28)16(3)26(19)12-17-8-6-7-15(2)9-17/h6-10,13,16,19H,5,11-12,14H2,1-4H3,(H,22,27)/t16-,19+/m0/s1. The molecule has 1 saturated heterocycles. The first kappa shape index (κ1) is 20.1. The number of nitrogens with one attached hydrogen (secondary N) is 1. The molecule has 0 aliphatic carbocycles. The van der Waals surface area contributed by atoms with Crippen molar-refractivity contribution in [3.8, 4) is 0 Å². The van der Waals surface area contributed by atoms with Crippen molar-refractivity contribution in [2.45, 2.75) is 45.9 Å². The van der Waals surface area contributed by atoms with Gasteiger partial charge in [0.1, 0.15) is 0 Å². The van der Waals surface area contributed by atoms with Crippen LogP contribution in [0.5, 0.6) is 0 Å². The minimum absolute atomic E-state index is 0.0448. The van der Waals surface area contributed by atoms with E-state index in [0.717, 1.165) is 6.54 Å². The van der Waals surface area contributed by atoms with Gasteiger partial charge in [-0.25, -0.2) is 0 Å². The summed E-state index contributed by atoms with van der Waals surface area (Å²) in [6.07, 6.45) is 3.33. The summed E-state index contributed by atoms with van der Waals surface area (Å²) in [6, 6.07) is 8.14. The quantitative estimate of drug-likeness (QED) is 0.824. The molecule has 1 N–H and O–H groups in total. The molecule has 150 valence electrons. The molecule has 1 fully saturated rings. The molecule has 0 radical (unpaired) electrons. The van der Waals surface area contributed by atoms with Crippen molar-refractivity contribution in [3.05, 3.63) is 53.3 Å². The fourth-order valence-corrected chi connectivity index (χ4v) is 3.72. The number of carbonyl (C=O) groups is 2. The summed E-state index contributed by atoms with van der Waals surface area (Å²) in [6.45, 7) is 8.45. The van der Waals surface area contributed by atoms with Gasteiger partial charge in [-0.05, 0) is 26.3 Å². The van der Waals surface area contributed by atoms with Gasteiger partial charge in [0.05, 0.1) is 17.8 Å². The molecule has 0 spiro atoms. The fraction of sp³-hybridized carbons (Fsp3) is 0.476. The molecule has 1 aromatic heterocycles. The van der Waals surface area contributed by atoms with Gasteiger partial charge >= 0.3 is 0 Å². The molecular formula is C21H29N5O2. The molecule has 2 atom stereocenters. The zero-order chi connectivity index (χ0) is 20.3. The number of piperazine rings is 1. The van der Waals surface area contributed by atoms with Crippen molar-refractivity contribution in [2.75, 3.05) is 20.1 Å². The highest BCUT2D eigenvalue weighted by molar-refractivity contribution is 5.93. The minimum atomic E-state index is -0.232. The maximum Gasteiger partial charge on any atom is 0.254 e. The third-order valence-corrected chi connectivity index (χ3v) is 5.35. The number of hydrogen-bond acceptors (Lipinski definition) is 4. The van der Waals surface area contributed by atoms with Gasteiger partial charge in [0.15, 0.2) is 0 Å². The highest BCUT2D eigenvalue weighted by Crippen LogP contribution is 2.20. The van der Waals surface area contributed by atoms with Crippen LogP contribution in [0.4, 0.5) is 0 Å². The van der Waals surface area contributed by atoms with Crippen LogP contribution in [0.1, 0.15) is 35.3 Å². The predicted octanol–water partition coefficient (Wildman–Crippen LogP) is 1.67. The van der Waals surface area contributed by atoms with E-state index in [4.69, 9.17) is 0 Å². The Bertz CT molecular complexity index is 847. The van der Waals surface area contributed by atoms with Crippen molar-refractivity contribution < 1.29 is 9.59 Å². The lowest BCUT2D eigenvalue weighted by atomic mass is 10.0. The Morgan fingerprint density at radius 2 is 2.14 bits per heavy atom. The first-order chi connectivity index (χ1) is 13.4. The maximum absolute atomic E-state index is 12.5. The summed E-state index contributed by atoms with van der Waals surface area (Å²) in [4.78, 5) is 29.0. The van der Waals surface area contributed by atoms with Gasteiger partial charge in [0.25, 0.3) is 5.91 Å². The summed E-state index contributed by atoms with van der Waals surface area (Å²) in [7, 11) is 1.82. The van der Waals surface area contributed by atoms with E-state index < -0.39 is 0 Å². The first-order valence-corrected chi connectivity index (χ1v) is 9.76. The molecule has 1 aliphatic heterocycles. The van der Waals surface area contributed by atoms with Crippen LogP contribution < -0.4 is 5.32 Å². The topological polar surface area (TPSA) is 70.5 Å². The fourth-order valence-electron chi connectivity index (χ4n) is 3.72. The van der Waals surface area contributed by atoms with E-state index in [0.29, 0.717) is 25.2 Å². The van der Waals surface area contributed by atoms with Crippen molar-refractivity contribution in [1.82, 2.24) is 24.9 Å². The Hall–Kier alpha value is -2.67. The van der Waals surface area contributed by atoms with Crippen molar-refractivity contribution in [1.29, 1.82) is 0 Å². The van der Waals surface area contributed by atoms with Gasteiger partial charge < -0.3 is 10.2 Å². The lowest BCUT2D eigenvalue weighted by molar-refractivity contribution is -0.142. The maximum atomic E-state index is 12.5. The van der Waals surface area contributed by atoms with E-state index in [-0.39, 0.29) is 23.9 Å². The van der Waals surface area contributed by atoms with E-state index in [9.17, 15) is 9.59 Å². The molecule has 0 bridgehead atoms. The van der Waals surface area contributed by atoms with E-state index in [2.05, 4.69) is 40.4 Å². The molecule has 0 unspecified atom stereocenters. The largest absolute Gasteiger partial charge is 0.350 e. The highest BCUT2D eigenvalue weighted by atomic mass is 16.2. The van der Waals surface area contributed by atoms with Gasteiger partial charge in [-0.2, -0.15) is 5.10 Å². The van der Waals surface area contributed by atoms with Gasteiger partial charge in [-0.15, -0.1) is 0 Å². The predicted molar refractivity (Wildman–Crippen MR) is 108 cm³/mol. The van der Waals surface area contributed by atoms with Crippen LogP contribution in [0.3, 0.4) is 0 Å². The third kappa shape index (κ3) is 4.42. The summed E-state index contributed by atoms with van der Waals surface area (Å²) < 4.78 is 1.73. The summed E-state index contributed by atoms with van der Waals surface area (Å²) >= 11 is 0. The molecular weight excluding hydrogens is 354 g/mol. The number of likely N-dealkylation sites (N-methyl/N-ethyl adjacent to an activating group) is 1. The highest BCUT2D eigenvalue weighted by Gasteiger charge is 2.36. The number of aryl methyl sites for hydroxylation is 2. The van der Waals surface area contributed by atoms with Crippen LogP contribution in [-0.2, 0) is 17.9 Å². The molecule has 0 saturated carbocycles. The monoisotopic (exact) mass is 383 g/mol. The second-order valence-corrected chi connectivity index (χ2v) is 7.50. The van der Waals surface area contributed by atoms with Crippen LogP contribution in [0, 0.1) is 6.92 Å². The number of amides is 2. The summed E-state index contributed by atoms with van der Waals surface area (Å²) in [5.74, 6) is -0.0261. The molecule has 1 aliphatic rings. The summed E-state index contributed by atoms with van der Waals surface area (Å²) in [5, 5.41) is 7.17. The number of hydrogen-bond donors (Lipinski definition) is 1. The smallest absolute Gasteiger partial charge is 0.254 e. The SMILES string of the molecule is CCn1cc(C(=O)NC[C@@H]2CN(C)C(=O)[C@H](C)N2Cc2cccc(C)c2)cn1. The van der Waals surface area contributed by atoms with E-state index in [1.54, 1.807) is 22.0 Å². The van der Waals surface area contributed by atoms with E-state index >= 15 is 0 Å². The van der Waals surface area contributed by atoms with Crippen LogP contribution >= 0.6 is 0 Å². The minimum Gasteiger partial charge on any atom is -0.350 e. The zero-order valence-electron chi connectivity index (χ0n) is 17.1. The first-order valence-electron chi connectivity index (χ1n) is 9.76. The molecule has 2 heterocycles. The van der Waals surface area contributed by atoms with Crippen LogP contribution in [0.2, 0.25) is 0 Å². The van der Waals surface area contributed by atoms with Crippen LogP contribution in [-0.4, -0.2) is 63.6 Å². The van der Waals surface area contributed by atoms with Gasteiger partial charge in [-0.3, -0.25) is 19.2 Å². The lowest BCUT2D eigenvalue weighted by Crippen LogP contribution is -2.62. The molecule has 2 amide bonds. The van der Waals surface area contributed by atoms with Gasteiger partial charge in [0, 0.05) is 45.5 Å². The Morgan fingerprint density at radius 1 is 1.36 bits per heavy atom. The molecule has 3 rings (SSSR count). The molecule has 7 heteroatoms. The third-order valence-electron chi connectivity index (χ3n) is 5.35. The second kappa shape index (κ2) is 8.56. The van der Waals surface area contributed by atoms with E-state index in [1.165, 1.54) is 11.1 Å². The number of benzene rings is 1. The molecule has 28 heavy (non-hydrogen) atoms. The van der Waals surface area contributed by atoms with E-state index in [1.807, 2.05) is 27.0 Å². The number of nitrogens with zero attached hydrogens (tertiary/aromatic N) is 4.